The molecular weight excluding hydrogens is 393 g/mol. The number of ether oxygens (including phenoxy) is 1. The number of nitro groups is 1. The summed E-state index contributed by atoms with van der Waals surface area (Å²) in [6.07, 6.45) is 0. The van der Waals surface area contributed by atoms with E-state index in [0.29, 0.717) is 0 Å². The smallest absolute Gasteiger partial charge is 0.271 e. The molecule has 2 aromatic rings. The Labute approximate surface area is 159 Å². The van der Waals surface area contributed by atoms with Crippen molar-refractivity contribution in [3.8, 4) is 0 Å². The van der Waals surface area contributed by atoms with Crippen molar-refractivity contribution >= 4 is 27.3 Å². The molecule has 0 unspecified atom stereocenters. The molecule has 9 nitrogen and oxygen atoms in total. The minimum atomic E-state index is -4.13. The zero-order valence-electron chi connectivity index (χ0n) is 14.5. The third kappa shape index (κ3) is 4.16. The third-order valence-corrected chi connectivity index (χ3v) is 6.01. The van der Waals surface area contributed by atoms with Crippen LogP contribution in [0, 0.1) is 15.9 Å². The van der Waals surface area contributed by atoms with E-state index in [1.54, 1.807) is 0 Å². The summed E-state index contributed by atoms with van der Waals surface area (Å²) in [5.41, 5.74) is -0.159. The van der Waals surface area contributed by atoms with Gasteiger partial charge in [-0.1, -0.05) is 6.07 Å². The quantitative estimate of drug-likeness (QED) is 0.596. The van der Waals surface area contributed by atoms with Gasteiger partial charge >= 0.3 is 0 Å². The highest BCUT2D eigenvalue weighted by molar-refractivity contribution is 7.89. The molecule has 3 rings (SSSR count). The van der Waals surface area contributed by atoms with Crippen molar-refractivity contribution in [3.63, 3.8) is 0 Å². The van der Waals surface area contributed by atoms with Gasteiger partial charge in [-0.15, -0.1) is 0 Å². The summed E-state index contributed by atoms with van der Waals surface area (Å²) in [7, 11) is -4.13. The van der Waals surface area contributed by atoms with Crippen molar-refractivity contribution in [3.05, 3.63) is 64.0 Å². The van der Waals surface area contributed by atoms with Crippen molar-refractivity contribution in [1.29, 1.82) is 0 Å². The molecular formula is C17H16FN3O6S. The van der Waals surface area contributed by atoms with E-state index in [9.17, 15) is 27.7 Å². The predicted octanol–water partition coefficient (Wildman–Crippen LogP) is 2.01. The lowest BCUT2D eigenvalue weighted by molar-refractivity contribution is -0.384. The number of rotatable bonds is 5. The lowest BCUT2D eigenvalue weighted by Crippen LogP contribution is -2.41. The van der Waals surface area contributed by atoms with Crippen LogP contribution in [0.15, 0.2) is 47.4 Å². The SMILES string of the molecule is O=C(Nc1cccc([N+](=O)[O-])c1)c1ccc(F)c(S(=O)(=O)N2CCOCC2)c1. The second-order valence-electron chi connectivity index (χ2n) is 5.92. The van der Waals surface area contributed by atoms with Crippen LogP contribution >= 0.6 is 0 Å². The Hall–Kier alpha value is -2.89. The van der Waals surface area contributed by atoms with Gasteiger partial charge in [0.2, 0.25) is 10.0 Å². The Balaban J connectivity index is 1.87. The van der Waals surface area contributed by atoms with Crippen LogP contribution in [0.25, 0.3) is 0 Å². The maximum Gasteiger partial charge on any atom is 0.271 e. The second-order valence-corrected chi connectivity index (χ2v) is 7.83. The van der Waals surface area contributed by atoms with Crippen LogP contribution in [0.4, 0.5) is 15.8 Å². The van der Waals surface area contributed by atoms with E-state index >= 15 is 0 Å². The Bertz CT molecular complexity index is 1020. The first-order valence-corrected chi connectivity index (χ1v) is 9.66. The highest BCUT2D eigenvalue weighted by Crippen LogP contribution is 2.23. The summed E-state index contributed by atoms with van der Waals surface area (Å²) < 4.78 is 45.8. The van der Waals surface area contributed by atoms with Crippen LogP contribution in [-0.4, -0.2) is 49.9 Å². The van der Waals surface area contributed by atoms with Gasteiger partial charge in [0.1, 0.15) is 10.7 Å². The molecule has 11 heteroatoms. The number of carbonyl (C=O) groups is 1. The van der Waals surface area contributed by atoms with Crippen LogP contribution in [0.5, 0.6) is 0 Å². The van der Waals surface area contributed by atoms with E-state index in [-0.39, 0.29) is 43.2 Å². The highest BCUT2D eigenvalue weighted by Gasteiger charge is 2.29. The molecule has 28 heavy (non-hydrogen) atoms. The Kier molecular flexibility index (Phi) is 5.68. The molecule has 148 valence electrons. The first-order chi connectivity index (χ1) is 13.3. The largest absolute Gasteiger partial charge is 0.379 e. The molecule has 1 N–H and O–H groups in total. The first-order valence-electron chi connectivity index (χ1n) is 8.22. The lowest BCUT2D eigenvalue weighted by atomic mass is 10.2. The maximum atomic E-state index is 14.2. The van der Waals surface area contributed by atoms with Gasteiger partial charge < -0.3 is 10.1 Å². The molecule has 1 amide bonds. The number of non-ortho nitro benzene ring substituents is 1. The molecule has 0 saturated carbocycles. The van der Waals surface area contributed by atoms with Crippen LogP contribution in [0.2, 0.25) is 0 Å². The molecule has 1 heterocycles. The average molecular weight is 409 g/mol. The van der Waals surface area contributed by atoms with Crippen LogP contribution in [0.3, 0.4) is 0 Å². The standard InChI is InChI=1S/C17H16FN3O6S/c18-15-5-4-12(10-16(15)28(25,26)20-6-8-27-9-7-20)17(22)19-13-2-1-3-14(11-13)21(23)24/h1-5,10-11H,6-9H2,(H,19,22). The van der Waals surface area contributed by atoms with Crippen molar-refractivity contribution in [2.45, 2.75) is 4.90 Å². The van der Waals surface area contributed by atoms with E-state index in [2.05, 4.69) is 5.32 Å². The van der Waals surface area contributed by atoms with Crippen molar-refractivity contribution in [1.82, 2.24) is 4.31 Å². The monoisotopic (exact) mass is 409 g/mol. The van der Waals surface area contributed by atoms with Gasteiger partial charge in [-0.2, -0.15) is 4.31 Å². The Morgan fingerprint density at radius 2 is 1.89 bits per heavy atom. The molecule has 0 aromatic heterocycles. The zero-order chi connectivity index (χ0) is 20.3. The van der Waals surface area contributed by atoms with Gasteiger partial charge in [-0.05, 0) is 24.3 Å². The van der Waals surface area contributed by atoms with Crippen LogP contribution in [-0.2, 0) is 14.8 Å². The summed E-state index contributed by atoms with van der Waals surface area (Å²) in [5.74, 6) is -1.70. The highest BCUT2D eigenvalue weighted by atomic mass is 32.2. The molecule has 1 aliphatic heterocycles. The average Bonchev–Trinajstić information content (AvgIpc) is 2.69. The number of nitrogens with one attached hydrogen (secondary N) is 1. The number of halogens is 1. The number of benzene rings is 2. The molecule has 0 atom stereocenters. The van der Waals surface area contributed by atoms with Crippen LogP contribution in [0.1, 0.15) is 10.4 Å². The minimum absolute atomic E-state index is 0.0892. The molecule has 0 spiro atoms. The molecule has 2 aromatic carbocycles. The van der Waals surface area contributed by atoms with Gasteiger partial charge in [-0.25, -0.2) is 12.8 Å². The zero-order valence-corrected chi connectivity index (χ0v) is 15.3. The number of anilines is 1. The molecule has 1 aliphatic rings. The Morgan fingerprint density at radius 3 is 2.57 bits per heavy atom. The molecule has 1 saturated heterocycles. The van der Waals surface area contributed by atoms with Crippen molar-refractivity contribution < 1.29 is 27.3 Å². The van der Waals surface area contributed by atoms with E-state index < -0.39 is 31.6 Å². The maximum absolute atomic E-state index is 14.2. The molecule has 0 aliphatic carbocycles. The van der Waals surface area contributed by atoms with E-state index in [0.717, 1.165) is 28.6 Å². The normalized spacial score (nSPS) is 15.2. The number of nitro benzene ring substituents is 1. The van der Waals surface area contributed by atoms with Gasteiger partial charge in [0.25, 0.3) is 11.6 Å². The third-order valence-electron chi connectivity index (χ3n) is 4.10. The van der Waals surface area contributed by atoms with Crippen molar-refractivity contribution in [2.75, 3.05) is 31.6 Å². The summed E-state index contributed by atoms with van der Waals surface area (Å²) in [6.45, 7) is 0.583. The van der Waals surface area contributed by atoms with E-state index in [4.69, 9.17) is 4.74 Å². The first kappa shape index (κ1) is 19.9. The predicted molar refractivity (Wildman–Crippen MR) is 97.0 cm³/mol. The number of nitrogens with zero attached hydrogens (tertiary/aromatic N) is 2. The molecule has 0 radical (unpaired) electrons. The fraction of sp³-hybridized carbons (Fsp3) is 0.235. The van der Waals surface area contributed by atoms with Gasteiger partial charge in [-0.3, -0.25) is 14.9 Å². The number of morpholine rings is 1. The summed E-state index contributed by atoms with van der Waals surface area (Å²) in [6, 6.07) is 8.25. The summed E-state index contributed by atoms with van der Waals surface area (Å²) in [4.78, 5) is 22.0. The molecule has 0 bridgehead atoms. The Morgan fingerprint density at radius 1 is 1.18 bits per heavy atom. The fourth-order valence-corrected chi connectivity index (χ4v) is 4.17. The van der Waals surface area contributed by atoms with E-state index in [1.165, 1.54) is 18.2 Å². The fourth-order valence-electron chi connectivity index (χ4n) is 2.67. The number of hydrogen-bond acceptors (Lipinski definition) is 6. The van der Waals surface area contributed by atoms with E-state index in [1.807, 2.05) is 0 Å². The number of hydrogen-bond donors (Lipinski definition) is 1. The number of sulfonamides is 1. The minimum Gasteiger partial charge on any atom is -0.379 e. The summed E-state index contributed by atoms with van der Waals surface area (Å²) in [5, 5.41) is 13.3. The van der Waals surface area contributed by atoms with Gasteiger partial charge in [0.05, 0.1) is 18.1 Å². The van der Waals surface area contributed by atoms with Crippen molar-refractivity contribution in [2.24, 2.45) is 0 Å². The van der Waals surface area contributed by atoms with Gasteiger partial charge in [0, 0.05) is 36.5 Å². The second kappa shape index (κ2) is 8.00. The van der Waals surface area contributed by atoms with Crippen LogP contribution < -0.4 is 5.32 Å². The number of carbonyl (C=O) groups excluding carboxylic acids is 1. The topological polar surface area (TPSA) is 119 Å². The molecule has 1 fully saturated rings. The number of amides is 1. The summed E-state index contributed by atoms with van der Waals surface area (Å²) >= 11 is 0. The lowest BCUT2D eigenvalue weighted by Gasteiger charge is -2.26. The van der Waals surface area contributed by atoms with Gasteiger partial charge in [0.15, 0.2) is 0 Å².